The van der Waals surface area contributed by atoms with Crippen LogP contribution in [0.1, 0.15) is 30.0 Å². The van der Waals surface area contributed by atoms with Gasteiger partial charge < -0.3 is 0 Å². The van der Waals surface area contributed by atoms with Gasteiger partial charge in [-0.1, -0.05) is 47.6 Å². The smallest absolute Gasteiger partial charge is 0.267 e. The molecule has 0 bridgehead atoms. The maximum atomic E-state index is 11.7. The fourth-order valence-corrected chi connectivity index (χ4v) is 3.82. The van der Waals surface area contributed by atoms with Crippen LogP contribution in [-0.4, -0.2) is 19.2 Å². The quantitative estimate of drug-likeness (QED) is 0.586. The molecule has 1 aromatic rings. The first-order valence-corrected chi connectivity index (χ1v) is 9.88. The molecular weight excluding hydrogens is 344 g/mol. The van der Waals surface area contributed by atoms with Gasteiger partial charge >= 0.3 is 10.1 Å². The van der Waals surface area contributed by atoms with E-state index in [4.69, 9.17) is 4.28 Å². The highest BCUT2D eigenvalue weighted by molar-refractivity contribution is 8.17. The Labute approximate surface area is 146 Å². The summed E-state index contributed by atoms with van der Waals surface area (Å²) >= 11 is 1.23. The SMILES string of the molecule is CCCS(=O)(=O)O/N=C1\SC=C\C1=C(\C#N)c1ccc(C)cc1C. The fourth-order valence-electron chi connectivity index (χ4n) is 2.30. The van der Waals surface area contributed by atoms with Crippen molar-refractivity contribution in [3.8, 4) is 6.07 Å². The van der Waals surface area contributed by atoms with E-state index in [2.05, 4.69) is 11.2 Å². The number of benzene rings is 1. The lowest BCUT2D eigenvalue weighted by molar-refractivity contribution is 0.340. The number of allylic oxidation sites excluding steroid dienone is 2. The van der Waals surface area contributed by atoms with E-state index in [1.807, 2.05) is 32.0 Å². The molecule has 1 aliphatic rings. The zero-order chi connectivity index (χ0) is 17.7. The minimum Gasteiger partial charge on any atom is -0.267 e. The number of hydrogen-bond donors (Lipinski definition) is 0. The summed E-state index contributed by atoms with van der Waals surface area (Å²) in [6.07, 6.45) is 2.20. The third kappa shape index (κ3) is 4.28. The molecule has 0 fully saturated rings. The third-order valence-electron chi connectivity index (χ3n) is 3.37. The lowest BCUT2D eigenvalue weighted by Gasteiger charge is -2.08. The summed E-state index contributed by atoms with van der Waals surface area (Å²) in [5, 5.41) is 15.5. The van der Waals surface area contributed by atoms with Crippen LogP contribution in [-0.2, 0) is 14.4 Å². The molecule has 0 aliphatic carbocycles. The largest absolute Gasteiger partial charge is 0.328 e. The van der Waals surface area contributed by atoms with E-state index in [1.54, 1.807) is 18.4 Å². The molecule has 0 radical (unpaired) electrons. The van der Waals surface area contributed by atoms with Crippen LogP contribution in [0, 0.1) is 25.2 Å². The average Bonchev–Trinajstić information content (AvgIpc) is 2.96. The predicted octanol–water partition coefficient (Wildman–Crippen LogP) is 3.91. The monoisotopic (exact) mass is 362 g/mol. The highest BCUT2D eigenvalue weighted by Gasteiger charge is 2.20. The van der Waals surface area contributed by atoms with Crippen molar-refractivity contribution >= 4 is 32.5 Å². The molecule has 0 amide bonds. The molecule has 5 nitrogen and oxygen atoms in total. The van der Waals surface area contributed by atoms with Crippen LogP contribution in [0.25, 0.3) is 5.57 Å². The molecule has 1 aromatic carbocycles. The fraction of sp³-hybridized carbons (Fsp3) is 0.294. The first-order chi connectivity index (χ1) is 11.4. The van der Waals surface area contributed by atoms with Gasteiger partial charge in [-0.3, -0.25) is 4.28 Å². The van der Waals surface area contributed by atoms with Crippen molar-refractivity contribution in [2.75, 3.05) is 5.75 Å². The molecule has 0 spiro atoms. The topological polar surface area (TPSA) is 79.5 Å². The lowest BCUT2D eigenvalue weighted by Crippen LogP contribution is -2.08. The Morgan fingerprint density at radius 2 is 2.12 bits per heavy atom. The number of hydrogen-bond acceptors (Lipinski definition) is 6. The van der Waals surface area contributed by atoms with E-state index >= 15 is 0 Å². The first kappa shape index (κ1) is 18.3. The number of oxime groups is 1. The van der Waals surface area contributed by atoms with Crippen molar-refractivity contribution in [2.24, 2.45) is 5.16 Å². The van der Waals surface area contributed by atoms with Crippen molar-refractivity contribution in [1.29, 1.82) is 5.26 Å². The number of nitriles is 1. The minimum absolute atomic E-state index is 0.0941. The Morgan fingerprint density at radius 3 is 2.75 bits per heavy atom. The molecule has 2 rings (SSSR count). The van der Waals surface area contributed by atoms with E-state index in [9.17, 15) is 13.7 Å². The van der Waals surface area contributed by atoms with Gasteiger partial charge in [0.25, 0.3) is 0 Å². The maximum absolute atomic E-state index is 11.7. The van der Waals surface area contributed by atoms with Gasteiger partial charge in [-0.05, 0) is 42.9 Å². The molecule has 0 saturated heterocycles. The summed E-state index contributed by atoms with van der Waals surface area (Å²) in [6.45, 7) is 5.67. The van der Waals surface area contributed by atoms with Gasteiger partial charge in [0.1, 0.15) is 11.1 Å². The second-order valence-electron chi connectivity index (χ2n) is 5.37. The van der Waals surface area contributed by atoms with E-state index in [-0.39, 0.29) is 5.75 Å². The zero-order valence-corrected chi connectivity index (χ0v) is 15.4. The molecule has 24 heavy (non-hydrogen) atoms. The van der Waals surface area contributed by atoms with Gasteiger partial charge in [0, 0.05) is 5.57 Å². The van der Waals surface area contributed by atoms with Crippen molar-refractivity contribution in [3.63, 3.8) is 0 Å². The second-order valence-corrected chi connectivity index (χ2v) is 7.94. The average molecular weight is 362 g/mol. The Kier molecular flexibility index (Phi) is 5.86. The molecule has 7 heteroatoms. The Morgan fingerprint density at radius 1 is 1.38 bits per heavy atom. The third-order valence-corrected chi connectivity index (χ3v) is 5.36. The molecule has 1 heterocycles. The Bertz CT molecular complexity index is 876. The van der Waals surface area contributed by atoms with E-state index in [0.29, 0.717) is 22.6 Å². The summed E-state index contributed by atoms with van der Waals surface area (Å²) in [6, 6.07) is 8.02. The maximum Gasteiger partial charge on any atom is 0.328 e. The molecule has 0 atom stereocenters. The first-order valence-electron chi connectivity index (χ1n) is 7.43. The van der Waals surface area contributed by atoms with E-state index in [1.165, 1.54) is 11.8 Å². The van der Waals surface area contributed by atoms with Gasteiger partial charge in [-0.15, -0.1) is 0 Å². The Hall–Kier alpha value is -2.04. The Balaban J connectivity index is 2.44. The molecular formula is C17H18N2O3S2. The van der Waals surface area contributed by atoms with Crippen molar-refractivity contribution in [3.05, 3.63) is 51.9 Å². The van der Waals surface area contributed by atoms with Gasteiger partial charge in [0.2, 0.25) is 0 Å². The second kappa shape index (κ2) is 7.69. The van der Waals surface area contributed by atoms with Crippen molar-refractivity contribution in [1.82, 2.24) is 0 Å². The summed E-state index contributed by atoms with van der Waals surface area (Å²) in [7, 11) is -3.69. The van der Waals surface area contributed by atoms with Crippen LogP contribution >= 0.6 is 11.8 Å². The highest BCUT2D eigenvalue weighted by atomic mass is 32.2. The van der Waals surface area contributed by atoms with Crippen LogP contribution in [0.4, 0.5) is 0 Å². The van der Waals surface area contributed by atoms with E-state index in [0.717, 1.165) is 16.7 Å². The van der Waals surface area contributed by atoms with Crippen molar-refractivity contribution < 1.29 is 12.7 Å². The van der Waals surface area contributed by atoms with Crippen LogP contribution in [0.5, 0.6) is 0 Å². The van der Waals surface area contributed by atoms with E-state index < -0.39 is 10.1 Å². The molecule has 0 N–H and O–H groups in total. The zero-order valence-electron chi connectivity index (χ0n) is 13.7. The number of rotatable bonds is 5. The van der Waals surface area contributed by atoms with Gasteiger partial charge in [-0.25, -0.2) is 0 Å². The summed E-state index contributed by atoms with van der Waals surface area (Å²) < 4.78 is 28.0. The molecule has 126 valence electrons. The van der Waals surface area contributed by atoms with Gasteiger partial charge in [0.15, 0.2) is 0 Å². The summed E-state index contributed by atoms with van der Waals surface area (Å²) in [4.78, 5) is 0. The van der Waals surface area contributed by atoms with Crippen LogP contribution in [0.15, 0.2) is 40.4 Å². The normalized spacial score (nSPS) is 17.8. The summed E-state index contributed by atoms with van der Waals surface area (Å²) in [5.74, 6) is -0.0941. The van der Waals surface area contributed by atoms with Crippen LogP contribution in [0.2, 0.25) is 0 Å². The lowest BCUT2D eigenvalue weighted by atomic mass is 9.96. The van der Waals surface area contributed by atoms with Crippen molar-refractivity contribution in [2.45, 2.75) is 27.2 Å². The predicted molar refractivity (Wildman–Crippen MR) is 97.8 cm³/mol. The number of nitrogens with zero attached hydrogens (tertiary/aromatic N) is 2. The number of thioether (sulfide) groups is 1. The van der Waals surface area contributed by atoms with Gasteiger partial charge in [-0.2, -0.15) is 13.7 Å². The molecule has 0 aromatic heterocycles. The molecule has 1 aliphatic heterocycles. The standard InChI is InChI=1S/C17H18N2O3S2/c1-4-9-24(20,21)22-19-17-15(7-8-23-17)16(11-18)14-6-5-12(2)10-13(14)3/h5-8,10H,4,9H2,1-3H3/b16-15+,19-17-. The number of aryl methyl sites for hydroxylation is 2. The summed E-state index contributed by atoms with van der Waals surface area (Å²) in [5.41, 5.74) is 3.90. The van der Waals surface area contributed by atoms with Crippen LogP contribution < -0.4 is 0 Å². The molecule has 0 unspecified atom stereocenters. The van der Waals surface area contributed by atoms with Gasteiger partial charge in [0.05, 0.1) is 11.3 Å². The minimum atomic E-state index is -3.69. The van der Waals surface area contributed by atoms with Crippen LogP contribution in [0.3, 0.4) is 0 Å². The highest BCUT2D eigenvalue weighted by Crippen LogP contribution is 2.32. The molecule has 0 saturated carbocycles.